The van der Waals surface area contributed by atoms with Gasteiger partial charge in [-0.25, -0.2) is 17.8 Å². The lowest BCUT2D eigenvalue weighted by atomic mass is 10.1. The number of sulfonamides is 1. The van der Waals surface area contributed by atoms with Crippen LogP contribution in [-0.2, 0) is 21.4 Å². The maximum Gasteiger partial charge on any atom is 0.243 e. The molecule has 8 nitrogen and oxygen atoms in total. The van der Waals surface area contributed by atoms with Gasteiger partial charge in [-0.1, -0.05) is 17.7 Å². The lowest BCUT2D eigenvalue weighted by Crippen LogP contribution is -2.43. The Morgan fingerprint density at radius 2 is 2.03 bits per heavy atom. The predicted molar refractivity (Wildman–Crippen MR) is 105 cm³/mol. The van der Waals surface area contributed by atoms with Crippen molar-refractivity contribution in [3.63, 3.8) is 0 Å². The van der Waals surface area contributed by atoms with Gasteiger partial charge in [0.25, 0.3) is 0 Å². The highest BCUT2D eigenvalue weighted by molar-refractivity contribution is 7.89. The van der Waals surface area contributed by atoms with Gasteiger partial charge in [0.2, 0.25) is 15.9 Å². The molecule has 2 aromatic rings. The number of carbonyl (C=O) groups is 1. The number of halogens is 2. The van der Waals surface area contributed by atoms with Gasteiger partial charge in [-0.15, -0.1) is 0 Å². The molecule has 1 amide bonds. The zero-order valence-electron chi connectivity index (χ0n) is 15.0. The highest BCUT2D eigenvalue weighted by atomic mass is 35.5. The maximum absolute atomic E-state index is 13.8. The highest BCUT2D eigenvalue weighted by Gasteiger charge is 2.43. The van der Waals surface area contributed by atoms with Crippen molar-refractivity contribution in [2.45, 2.75) is 30.1 Å². The number of hydrogen-bond donors (Lipinski definition) is 2. The molecule has 29 heavy (non-hydrogen) atoms. The fourth-order valence-electron chi connectivity index (χ4n) is 3.51. The molecule has 4 N–H and O–H groups in total. The van der Waals surface area contributed by atoms with Gasteiger partial charge in [-0.3, -0.25) is 9.79 Å². The van der Waals surface area contributed by atoms with Crippen LogP contribution in [0.25, 0.3) is 11.3 Å². The van der Waals surface area contributed by atoms with E-state index in [0.717, 1.165) is 9.87 Å². The molecule has 0 radical (unpaired) electrons. The predicted octanol–water partition coefficient (Wildman–Crippen LogP) is 1.21. The van der Waals surface area contributed by atoms with Crippen LogP contribution in [-0.4, -0.2) is 48.2 Å². The summed E-state index contributed by atoms with van der Waals surface area (Å²) in [6, 6.07) is 6.46. The standard InChI is InChI=1S/C18H17ClFN5O3S/c19-13-6-11(29(27,28)25-8-10(20)5-15(25)18(22)26)2-3-12(13)14-4-1-9-7-23-17(21)16(9)24-14/h1-4,6,10,15H,5,7-8H2,(H2,21,23)(H2,22,26)/t10-,15-/m1/s1. The zero-order chi connectivity index (χ0) is 20.9. The fourth-order valence-corrected chi connectivity index (χ4v) is 5.52. The minimum absolute atomic E-state index is 0.138. The molecule has 0 unspecified atom stereocenters. The molecule has 1 aromatic heterocycles. The molecule has 2 aliphatic rings. The number of fused-ring (bicyclic) bond motifs is 1. The number of amides is 1. The van der Waals surface area contributed by atoms with Crippen LogP contribution in [0, 0.1) is 0 Å². The molecule has 0 aliphatic carbocycles. The minimum atomic E-state index is -4.16. The van der Waals surface area contributed by atoms with Crippen molar-refractivity contribution in [3.05, 3.63) is 46.6 Å². The zero-order valence-corrected chi connectivity index (χ0v) is 16.6. The van der Waals surface area contributed by atoms with Gasteiger partial charge >= 0.3 is 0 Å². The van der Waals surface area contributed by atoms with Gasteiger partial charge in [0, 0.05) is 24.1 Å². The number of pyridine rings is 1. The first kappa shape index (κ1) is 19.7. The van der Waals surface area contributed by atoms with Gasteiger partial charge in [0.1, 0.15) is 23.7 Å². The van der Waals surface area contributed by atoms with Crippen molar-refractivity contribution >= 4 is 33.4 Å². The Balaban J connectivity index is 1.70. The Morgan fingerprint density at radius 3 is 2.72 bits per heavy atom. The molecular weight excluding hydrogens is 421 g/mol. The van der Waals surface area contributed by atoms with E-state index < -0.39 is 34.7 Å². The molecule has 11 heteroatoms. The number of nitrogens with zero attached hydrogens (tertiary/aromatic N) is 3. The van der Waals surface area contributed by atoms with Crippen molar-refractivity contribution in [1.82, 2.24) is 9.29 Å². The number of primary amides is 1. The van der Waals surface area contributed by atoms with E-state index in [1.807, 2.05) is 6.07 Å². The van der Waals surface area contributed by atoms with E-state index in [1.54, 1.807) is 6.07 Å². The monoisotopic (exact) mass is 437 g/mol. The lowest BCUT2D eigenvalue weighted by molar-refractivity contribution is -0.121. The van der Waals surface area contributed by atoms with E-state index in [2.05, 4.69) is 9.98 Å². The van der Waals surface area contributed by atoms with Crippen LogP contribution in [0.15, 0.2) is 40.2 Å². The van der Waals surface area contributed by atoms with Gasteiger partial charge in [-0.2, -0.15) is 4.31 Å². The Hall–Kier alpha value is -2.56. The smallest absolute Gasteiger partial charge is 0.243 e. The summed E-state index contributed by atoms with van der Waals surface area (Å²) in [7, 11) is -4.16. The summed E-state index contributed by atoms with van der Waals surface area (Å²) in [6.45, 7) is 0.0338. The van der Waals surface area contributed by atoms with Crippen LogP contribution < -0.4 is 11.5 Å². The van der Waals surface area contributed by atoms with Crippen LogP contribution in [0.1, 0.15) is 17.7 Å². The number of hydrogen-bond acceptors (Lipinski definition) is 6. The third-order valence-corrected chi connectivity index (χ3v) is 7.18. The van der Waals surface area contributed by atoms with E-state index in [0.29, 0.717) is 29.3 Å². The number of aliphatic imine (C=N–C) groups is 1. The fraction of sp³-hybridized carbons (Fsp3) is 0.278. The van der Waals surface area contributed by atoms with Gasteiger partial charge in [0.15, 0.2) is 0 Å². The van der Waals surface area contributed by atoms with Crippen molar-refractivity contribution in [2.24, 2.45) is 16.5 Å². The van der Waals surface area contributed by atoms with Gasteiger partial charge in [-0.05, 0) is 24.3 Å². The summed E-state index contributed by atoms with van der Waals surface area (Å²) in [5, 5.41) is 0.138. The Kier molecular flexibility index (Phi) is 4.80. The summed E-state index contributed by atoms with van der Waals surface area (Å²) in [4.78, 5) is 20.0. The summed E-state index contributed by atoms with van der Waals surface area (Å²) in [5.41, 5.74) is 13.6. The van der Waals surface area contributed by atoms with Crippen LogP contribution in [0.4, 0.5) is 4.39 Å². The molecule has 152 valence electrons. The van der Waals surface area contributed by atoms with Crippen LogP contribution >= 0.6 is 11.6 Å². The van der Waals surface area contributed by atoms with Crippen molar-refractivity contribution in [2.75, 3.05) is 6.54 Å². The second-order valence-electron chi connectivity index (χ2n) is 6.87. The number of amidine groups is 1. The van der Waals surface area contributed by atoms with E-state index in [4.69, 9.17) is 23.1 Å². The molecule has 0 bridgehead atoms. The lowest BCUT2D eigenvalue weighted by Gasteiger charge is -2.21. The summed E-state index contributed by atoms with van der Waals surface area (Å²) < 4.78 is 40.4. The molecule has 4 rings (SSSR count). The Morgan fingerprint density at radius 1 is 1.28 bits per heavy atom. The van der Waals surface area contributed by atoms with Crippen LogP contribution in [0.2, 0.25) is 5.02 Å². The number of nitrogens with two attached hydrogens (primary N) is 2. The Bertz CT molecular complexity index is 1150. The molecule has 2 aliphatic heterocycles. The first-order valence-electron chi connectivity index (χ1n) is 8.74. The summed E-state index contributed by atoms with van der Waals surface area (Å²) >= 11 is 6.34. The largest absolute Gasteiger partial charge is 0.382 e. The minimum Gasteiger partial charge on any atom is -0.382 e. The Labute approximate surface area is 171 Å². The number of rotatable bonds is 4. The average Bonchev–Trinajstić information content (AvgIpc) is 3.25. The second kappa shape index (κ2) is 7.05. The number of carbonyl (C=O) groups excluding carboxylic acids is 1. The van der Waals surface area contributed by atoms with E-state index >= 15 is 0 Å². The summed E-state index contributed by atoms with van der Waals surface area (Å²) in [5.74, 6) is -0.553. The second-order valence-corrected chi connectivity index (χ2v) is 9.17. The molecule has 1 saturated heterocycles. The van der Waals surface area contributed by atoms with Gasteiger partial charge in [0.05, 0.1) is 22.2 Å². The average molecular weight is 438 g/mol. The topological polar surface area (TPSA) is 132 Å². The van der Waals surface area contributed by atoms with E-state index in [1.165, 1.54) is 18.2 Å². The quantitative estimate of drug-likeness (QED) is 0.741. The van der Waals surface area contributed by atoms with Crippen molar-refractivity contribution < 1.29 is 17.6 Å². The molecule has 1 fully saturated rings. The maximum atomic E-state index is 13.8. The number of aromatic nitrogens is 1. The highest BCUT2D eigenvalue weighted by Crippen LogP contribution is 2.33. The summed E-state index contributed by atoms with van der Waals surface area (Å²) in [6.07, 6.45) is -1.72. The first-order chi connectivity index (χ1) is 13.7. The molecule has 3 heterocycles. The normalized spacial score (nSPS) is 21.8. The number of alkyl halides is 1. The molecule has 0 saturated carbocycles. The molecule has 1 aromatic carbocycles. The van der Waals surface area contributed by atoms with Crippen molar-refractivity contribution in [3.8, 4) is 11.3 Å². The van der Waals surface area contributed by atoms with E-state index in [9.17, 15) is 17.6 Å². The first-order valence-corrected chi connectivity index (χ1v) is 10.6. The third kappa shape index (κ3) is 3.37. The van der Waals surface area contributed by atoms with E-state index in [-0.39, 0.29) is 16.3 Å². The molecule has 2 atom stereocenters. The third-order valence-electron chi connectivity index (χ3n) is 5.00. The van der Waals surface area contributed by atoms with Gasteiger partial charge < -0.3 is 11.5 Å². The number of benzene rings is 1. The van der Waals surface area contributed by atoms with Crippen LogP contribution in [0.3, 0.4) is 0 Å². The molecule has 0 spiro atoms. The van der Waals surface area contributed by atoms with Crippen LogP contribution in [0.5, 0.6) is 0 Å². The van der Waals surface area contributed by atoms with Crippen molar-refractivity contribution in [1.29, 1.82) is 0 Å². The SMILES string of the molecule is NC(=O)[C@H]1C[C@@H](F)CN1S(=O)(=O)c1ccc(-c2ccc3c(n2)C(N)=NC3)c(Cl)c1. The molecular formula is C18H17ClFN5O3S.